The van der Waals surface area contributed by atoms with Crippen LogP contribution in [0.15, 0.2) is 71.6 Å². The minimum Gasteiger partial charge on any atom is -0.322 e. The van der Waals surface area contributed by atoms with Crippen molar-refractivity contribution in [2.24, 2.45) is 0 Å². The lowest BCUT2D eigenvalue weighted by Crippen LogP contribution is -2.26. The summed E-state index contributed by atoms with van der Waals surface area (Å²) in [7, 11) is -2.43. The van der Waals surface area contributed by atoms with Gasteiger partial charge in [0.1, 0.15) is 0 Å². The molecular formula is C22H18ClN3O3S2. The maximum absolute atomic E-state index is 13.1. The number of hydrogen-bond acceptors (Lipinski definition) is 5. The van der Waals surface area contributed by atoms with Gasteiger partial charge in [-0.2, -0.15) is 0 Å². The van der Waals surface area contributed by atoms with Gasteiger partial charge in [0.15, 0.2) is 0 Å². The van der Waals surface area contributed by atoms with Crippen molar-refractivity contribution in [2.75, 3.05) is 16.7 Å². The topological polar surface area (TPSA) is 79.4 Å². The van der Waals surface area contributed by atoms with Crippen molar-refractivity contribution in [3.05, 3.63) is 82.3 Å². The second-order valence-electron chi connectivity index (χ2n) is 6.85. The number of nitrogens with one attached hydrogen (secondary N) is 1. The molecule has 158 valence electrons. The van der Waals surface area contributed by atoms with Crippen molar-refractivity contribution in [3.8, 4) is 0 Å². The minimum absolute atomic E-state index is 0.0103. The second kappa shape index (κ2) is 8.30. The minimum atomic E-state index is -3.88. The van der Waals surface area contributed by atoms with Crippen LogP contribution in [0.25, 0.3) is 10.2 Å². The summed E-state index contributed by atoms with van der Waals surface area (Å²) in [5.41, 5.74) is 2.15. The standard InChI is InChI=1S/C22H18ClN3O3S2/c1-14-24-20-10-9-17(13-21(20)30-14)25-22(27)15-5-3-8-19(11-15)31(28,29)26(2)18-7-4-6-16(23)12-18/h3-13H,1-2H3,(H,25,27). The monoisotopic (exact) mass is 471 g/mol. The van der Waals surface area contributed by atoms with Gasteiger partial charge in [0, 0.05) is 23.3 Å². The first-order valence-corrected chi connectivity index (χ1v) is 11.9. The Balaban J connectivity index is 1.59. The third-order valence-corrected chi connectivity index (χ3v) is 7.63. The number of carbonyl (C=O) groups excluding carboxylic acids is 1. The Morgan fingerprint density at radius 3 is 2.61 bits per heavy atom. The van der Waals surface area contributed by atoms with Crippen LogP contribution in [0.2, 0.25) is 5.02 Å². The highest BCUT2D eigenvalue weighted by Gasteiger charge is 2.22. The number of sulfonamides is 1. The Morgan fingerprint density at radius 1 is 1.06 bits per heavy atom. The van der Waals surface area contributed by atoms with Crippen molar-refractivity contribution in [3.63, 3.8) is 0 Å². The molecule has 0 aliphatic rings. The summed E-state index contributed by atoms with van der Waals surface area (Å²) < 4.78 is 28.2. The van der Waals surface area contributed by atoms with E-state index >= 15 is 0 Å². The number of anilines is 2. The lowest BCUT2D eigenvalue weighted by atomic mass is 10.2. The molecule has 0 radical (unpaired) electrons. The molecule has 0 saturated carbocycles. The number of rotatable bonds is 5. The number of fused-ring (bicyclic) bond motifs is 1. The summed E-state index contributed by atoms with van der Waals surface area (Å²) in [5, 5.41) is 4.20. The largest absolute Gasteiger partial charge is 0.322 e. The average molecular weight is 472 g/mol. The molecule has 1 aromatic heterocycles. The van der Waals surface area contributed by atoms with Crippen LogP contribution in [-0.4, -0.2) is 26.4 Å². The number of nitrogens with zero attached hydrogens (tertiary/aromatic N) is 2. The Morgan fingerprint density at radius 2 is 1.84 bits per heavy atom. The van der Waals surface area contributed by atoms with Gasteiger partial charge in [-0.3, -0.25) is 9.10 Å². The third-order valence-electron chi connectivity index (χ3n) is 4.68. The highest BCUT2D eigenvalue weighted by molar-refractivity contribution is 7.92. The van der Waals surface area contributed by atoms with Crippen molar-refractivity contribution >= 4 is 60.5 Å². The molecule has 1 heterocycles. The molecule has 0 spiro atoms. The first-order chi connectivity index (χ1) is 14.7. The SMILES string of the molecule is Cc1nc2ccc(NC(=O)c3cccc(S(=O)(=O)N(C)c4cccc(Cl)c4)c3)cc2s1. The molecule has 6 nitrogen and oxygen atoms in total. The molecule has 4 aromatic rings. The van der Waals surface area contributed by atoms with Crippen molar-refractivity contribution in [1.82, 2.24) is 4.98 Å². The van der Waals surface area contributed by atoms with E-state index in [-0.39, 0.29) is 10.5 Å². The van der Waals surface area contributed by atoms with Crippen molar-refractivity contribution in [2.45, 2.75) is 11.8 Å². The molecule has 31 heavy (non-hydrogen) atoms. The second-order valence-corrected chi connectivity index (χ2v) is 10.5. The summed E-state index contributed by atoms with van der Waals surface area (Å²) in [6.45, 7) is 1.93. The predicted molar refractivity (Wildman–Crippen MR) is 126 cm³/mol. The van der Waals surface area contributed by atoms with Gasteiger partial charge in [0.2, 0.25) is 0 Å². The van der Waals surface area contributed by atoms with Gasteiger partial charge < -0.3 is 5.32 Å². The van der Waals surface area contributed by atoms with E-state index in [1.807, 2.05) is 19.1 Å². The Hall–Kier alpha value is -2.94. The first kappa shape index (κ1) is 21.3. The van der Waals surface area contributed by atoms with E-state index in [1.165, 1.54) is 19.2 Å². The molecule has 4 rings (SSSR count). The lowest BCUT2D eigenvalue weighted by Gasteiger charge is -2.20. The van der Waals surface area contributed by atoms with E-state index in [0.717, 1.165) is 19.5 Å². The summed E-state index contributed by atoms with van der Waals surface area (Å²) in [6, 6.07) is 18.0. The third kappa shape index (κ3) is 4.41. The number of hydrogen-bond donors (Lipinski definition) is 1. The summed E-state index contributed by atoms with van der Waals surface area (Å²) in [5.74, 6) is -0.400. The number of halogens is 1. The number of amides is 1. The molecule has 0 aliphatic carbocycles. The summed E-state index contributed by atoms with van der Waals surface area (Å²) in [4.78, 5) is 17.2. The smallest absolute Gasteiger partial charge is 0.264 e. The summed E-state index contributed by atoms with van der Waals surface area (Å²) in [6.07, 6.45) is 0. The van der Waals surface area contributed by atoms with Crippen molar-refractivity contribution < 1.29 is 13.2 Å². The molecule has 0 fully saturated rings. The van der Waals surface area contributed by atoms with Gasteiger partial charge >= 0.3 is 0 Å². The van der Waals surface area contributed by atoms with E-state index in [1.54, 1.807) is 53.8 Å². The van der Waals surface area contributed by atoms with Crippen LogP contribution in [0.4, 0.5) is 11.4 Å². The zero-order valence-corrected chi connectivity index (χ0v) is 19.1. The molecule has 0 unspecified atom stereocenters. The molecule has 0 bridgehead atoms. The molecule has 9 heteroatoms. The Bertz CT molecular complexity index is 1400. The highest BCUT2D eigenvalue weighted by atomic mass is 35.5. The maximum Gasteiger partial charge on any atom is 0.264 e. The van der Waals surface area contributed by atoms with E-state index in [0.29, 0.717) is 16.4 Å². The Kier molecular flexibility index (Phi) is 5.70. The number of benzene rings is 3. The van der Waals surface area contributed by atoms with Gasteiger partial charge in [-0.1, -0.05) is 23.7 Å². The molecular weight excluding hydrogens is 454 g/mol. The normalized spacial score (nSPS) is 11.5. The Labute approximate surface area is 189 Å². The van der Waals surface area contributed by atoms with E-state index in [4.69, 9.17) is 11.6 Å². The van der Waals surface area contributed by atoms with E-state index < -0.39 is 15.9 Å². The van der Waals surface area contributed by atoms with Crippen molar-refractivity contribution in [1.29, 1.82) is 0 Å². The number of aromatic nitrogens is 1. The fourth-order valence-electron chi connectivity index (χ4n) is 3.09. The van der Waals surface area contributed by atoms with Crippen LogP contribution in [0.5, 0.6) is 0 Å². The number of thiazole rings is 1. The average Bonchev–Trinajstić information content (AvgIpc) is 3.12. The predicted octanol–water partition coefficient (Wildman–Crippen LogP) is 5.34. The van der Waals surface area contributed by atoms with Gasteiger partial charge in [0.25, 0.3) is 15.9 Å². The zero-order chi connectivity index (χ0) is 22.2. The molecule has 0 saturated heterocycles. The quantitative estimate of drug-likeness (QED) is 0.426. The summed E-state index contributed by atoms with van der Waals surface area (Å²) >= 11 is 7.53. The molecule has 1 N–H and O–H groups in total. The van der Waals surface area contributed by atoms with Gasteiger partial charge in [0.05, 0.1) is 25.8 Å². The number of carbonyl (C=O) groups is 1. The van der Waals surface area contributed by atoms with Crippen LogP contribution >= 0.6 is 22.9 Å². The fraction of sp³-hybridized carbons (Fsp3) is 0.0909. The van der Waals surface area contributed by atoms with Crippen LogP contribution in [0.3, 0.4) is 0 Å². The molecule has 3 aromatic carbocycles. The van der Waals surface area contributed by atoms with E-state index in [9.17, 15) is 13.2 Å². The van der Waals surface area contributed by atoms with Crippen LogP contribution in [-0.2, 0) is 10.0 Å². The van der Waals surface area contributed by atoms with Crippen LogP contribution < -0.4 is 9.62 Å². The molecule has 0 aliphatic heterocycles. The van der Waals surface area contributed by atoms with Gasteiger partial charge in [-0.05, 0) is 61.5 Å². The van der Waals surface area contributed by atoms with Crippen LogP contribution in [0.1, 0.15) is 15.4 Å². The number of aryl methyl sites for hydroxylation is 1. The highest BCUT2D eigenvalue weighted by Crippen LogP contribution is 2.27. The fourth-order valence-corrected chi connectivity index (χ4v) is 5.37. The molecule has 0 atom stereocenters. The maximum atomic E-state index is 13.1. The lowest BCUT2D eigenvalue weighted by molar-refractivity contribution is 0.102. The first-order valence-electron chi connectivity index (χ1n) is 9.27. The van der Waals surface area contributed by atoms with Crippen LogP contribution in [0, 0.1) is 6.92 Å². The van der Waals surface area contributed by atoms with E-state index in [2.05, 4.69) is 10.3 Å². The van der Waals surface area contributed by atoms with Gasteiger partial charge in [-0.15, -0.1) is 11.3 Å². The molecule has 1 amide bonds. The van der Waals surface area contributed by atoms with Gasteiger partial charge in [-0.25, -0.2) is 13.4 Å². The zero-order valence-electron chi connectivity index (χ0n) is 16.7.